The van der Waals surface area contributed by atoms with Crippen molar-refractivity contribution in [3.63, 3.8) is 0 Å². The molecule has 0 atom stereocenters. The summed E-state index contributed by atoms with van der Waals surface area (Å²) in [6.45, 7) is 2.99. The fourth-order valence-corrected chi connectivity index (χ4v) is 5.32. The fraction of sp³-hybridized carbons (Fsp3) is 0.250. The van der Waals surface area contributed by atoms with Crippen LogP contribution in [0.5, 0.6) is 5.75 Å². The Hall–Kier alpha value is -3.80. The van der Waals surface area contributed by atoms with Crippen molar-refractivity contribution in [2.45, 2.75) is 19.8 Å². The molecule has 0 saturated carbocycles. The molecule has 1 aliphatic heterocycles. The highest BCUT2D eigenvalue weighted by atomic mass is 35.5. The minimum atomic E-state index is -0.222. The Labute approximate surface area is 225 Å². The van der Waals surface area contributed by atoms with Crippen molar-refractivity contribution in [2.24, 2.45) is 0 Å². The predicted molar refractivity (Wildman–Crippen MR) is 149 cm³/mol. The molecule has 2 N–H and O–H groups in total. The third-order valence-corrected chi connectivity index (χ3v) is 7.29. The van der Waals surface area contributed by atoms with Crippen LogP contribution in [0, 0.1) is 12.8 Å². The van der Waals surface area contributed by atoms with Crippen LogP contribution in [0.25, 0.3) is 10.4 Å². The molecule has 3 amide bonds. The summed E-state index contributed by atoms with van der Waals surface area (Å²) < 4.78 is 5.90. The zero-order valence-electron chi connectivity index (χ0n) is 20.9. The Morgan fingerprint density at radius 1 is 1.08 bits per heavy atom. The normalized spacial score (nSPS) is 11.4. The molecule has 0 radical (unpaired) electrons. The maximum absolute atomic E-state index is 13.4. The van der Waals surface area contributed by atoms with E-state index in [1.807, 2.05) is 19.1 Å². The number of rotatable bonds is 6. The third-order valence-electron chi connectivity index (χ3n) is 5.77. The van der Waals surface area contributed by atoms with Crippen molar-refractivity contribution in [2.75, 3.05) is 32.1 Å². The van der Waals surface area contributed by atoms with Gasteiger partial charge in [0.15, 0.2) is 0 Å². The third kappa shape index (κ3) is 5.96. The molecule has 3 aromatic rings. The minimum absolute atomic E-state index is 0.188. The van der Waals surface area contributed by atoms with E-state index in [1.54, 1.807) is 44.4 Å². The zero-order valence-corrected chi connectivity index (χ0v) is 22.5. The van der Waals surface area contributed by atoms with Crippen molar-refractivity contribution >= 4 is 46.3 Å². The Kier molecular flexibility index (Phi) is 9.34. The highest BCUT2D eigenvalue weighted by molar-refractivity contribution is 7.17. The molecular weight excluding hydrogens is 510 g/mol. The van der Waals surface area contributed by atoms with Crippen LogP contribution in [0.4, 0.5) is 5.69 Å². The molecule has 4 rings (SSSR count). The number of fused-ring (bicyclic) bond motifs is 3. The average molecular weight is 538 g/mol. The molecule has 2 aromatic carbocycles. The van der Waals surface area contributed by atoms with E-state index in [1.165, 1.54) is 16.2 Å². The SMILES string of the molecule is C#C.CCCNC(=O)c1ccc(Cl)c(N(C)C(=O)c2cc3c(s2)-c2ccc(C(=O)NC)cc2OCC3)c1. The van der Waals surface area contributed by atoms with E-state index in [-0.39, 0.29) is 17.7 Å². The molecule has 37 heavy (non-hydrogen) atoms. The van der Waals surface area contributed by atoms with Crippen LogP contribution >= 0.6 is 22.9 Å². The Morgan fingerprint density at radius 2 is 1.78 bits per heavy atom. The van der Waals surface area contributed by atoms with Crippen molar-refractivity contribution < 1.29 is 19.1 Å². The Morgan fingerprint density at radius 3 is 2.49 bits per heavy atom. The molecule has 192 valence electrons. The van der Waals surface area contributed by atoms with Gasteiger partial charge in [-0.25, -0.2) is 0 Å². The summed E-state index contributed by atoms with van der Waals surface area (Å²) in [4.78, 5) is 40.8. The number of nitrogens with one attached hydrogen (secondary N) is 2. The lowest BCUT2D eigenvalue weighted by molar-refractivity contribution is 0.0948. The summed E-state index contributed by atoms with van der Waals surface area (Å²) in [5, 5.41) is 5.84. The van der Waals surface area contributed by atoms with Crippen LogP contribution in [0.15, 0.2) is 42.5 Å². The number of carbonyl (C=O) groups excluding carboxylic acids is 3. The van der Waals surface area contributed by atoms with Gasteiger partial charge >= 0.3 is 0 Å². The van der Waals surface area contributed by atoms with Crippen LogP contribution in [0.3, 0.4) is 0 Å². The van der Waals surface area contributed by atoms with Gasteiger partial charge in [-0.15, -0.1) is 24.2 Å². The molecule has 9 heteroatoms. The van der Waals surface area contributed by atoms with Gasteiger partial charge < -0.3 is 20.3 Å². The fourth-order valence-electron chi connectivity index (χ4n) is 3.86. The number of ether oxygens (including phenoxy) is 1. The molecule has 0 aliphatic carbocycles. The van der Waals surface area contributed by atoms with Gasteiger partial charge in [0.2, 0.25) is 0 Å². The maximum atomic E-state index is 13.4. The van der Waals surface area contributed by atoms with Gasteiger partial charge in [0.25, 0.3) is 17.7 Å². The van der Waals surface area contributed by atoms with Gasteiger partial charge in [0.05, 0.1) is 22.2 Å². The number of thiophene rings is 1. The number of nitrogens with zero attached hydrogens (tertiary/aromatic N) is 1. The van der Waals surface area contributed by atoms with Crippen molar-refractivity contribution in [3.8, 4) is 29.0 Å². The van der Waals surface area contributed by atoms with Crippen molar-refractivity contribution in [1.82, 2.24) is 10.6 Å². The Balaban J connectivity index is 0.00000186. The van der Waals surface area contributed by atoms with E-state index in [4.69, 9.17) is 16.3 Å². The summed E-state index contributed by atoms with van der Waals surface area (Å²) >= 11 is 7.78. The summed E-state index contributed by atoms with van der Waals surface area (Å²) in [7, 11) is 3.23. The highest BCUT2D eigenvalue weighted by Crippen LogP contribution is 2.42. The van der Waals surface area contributed by atoms with Crippen molar-refractivity contribution in [3.05, 3.63) is 69.1 Å². The van der Waals surface area contributed by atoms with E-state index in [0.717, 1.165) is 22.4 Å². The van der Waals surface area contributed by atoms with Crippen LogP contribution < -0.4 is 20.3 Å². The number of anilines is 1. The minimum Gasteiger partial charge on any atom is -0.493 e. The smallest absolute Gasteiger partial charge is 0.268 e. The molecule has 1 aliphatic rings. The lowest BCUT2D eigenvalue weighted by Crippen LogP contribution is -2.27. The summed E-state index contributed by atoms with van der Waals surface area (Å²) in [5.41, 5.74) is 3.28. The number of benzene rings is 2. The largest absolute Gasteiger partial charge is 0.493 e. The molecule has 1 aromatic heterocycles. The quantitative estimate of drug-likeness (QED) is 0.432. The van der Waals surface area contributed by atoms with Gasteiger partial charge in [-0.3, -0.25) is 14.4 Å². The first-order valence-corrected chi connectivity index (χ1v) is 12.8. The zero-order chi connectivity index (χ0) is 27.1. The van der Waals surface area contributed by atoms with E-state index in [9.17, 15) is 14.4 Å². The van der Waals surface area contributed by atoms with Crippen LogP contribution in [-0.2, 0) is 6.42 Å². The van der Waals surface area contributed by atoms with Crippen molar-refractivity contribution in [1.29, 1.82) is 0 Å². The molecule has 7 nitrogen and oxygen atoms in total. The van der Waals surface area contributed by atoms with Gasteiger partial charge in [-0.2, -0.15) is 0 Å². The maximum Gasteiger partial charge on any atom is 0.268 e. The molecule has 0 saturated heterocycles. The second kappa shape index (κ2) is 12.4. The first-order chi connectivity index (χ1) is 17.8. The lowest BCUT2D eigenvalue weighted by Gasteiger charge is -2.19. The topological polar surface area (TPSA) is 87.7 Å². The van der Waals surface area contributed by atoms with E-state index >= 15 is 0 Å². The molecule has 0 bridgehead atoms. The monoisotopic (exact) mass is 537 g/mol. The Bertz CT molecular complexity index is 1350. The first kappa shape index (κ1) is 27.8. The number of halogens is 1. The molecule has 0 unspecified atom stereocenters. The molecular formula is C28H28ClN3O4S. The summed E-state index contributed by atoms with van der Waals surface area (Å²) in [5.74, 6) is 0.00152. The standard InChI is InChI=1S/C26H26ClN3O4S.C2H2/c1-4-10-29-25(32)16-6-8-19(27)20(12-16)30(3)26(33)22-14-15-9-11-34-21-13-17(24(31)28-2)5-7-18(21)23(15)35-22;1-2/h5-8,12-14H,4,9-11H2,1-3H3,(H,28,31)(H,29,32);1-2H. The summed E-state index contributed by atoms with van der Waals surface area (Å²) in [6.07, 6.45) is 9.47. The summed E-state index contributed by atoms with van der Waals surface area (Å²) in [6, 6.07) is 12.1. The molecule has 2 heterocycles. The van der Waals surface area contributed by atoms with Crippen LogP contribution in [0.1, 0.15) is 49.3 Å². The number of amides is 3. The van der Waals surface area contributed by atoms with E-state index < -0.39 is 0 Å². The molecule has 0 spiro atoms. The van der Waals surface area contributed by atoms with Gasteiger partial charge in [0, 0.05) is 48.6 Å². The second-order valence-electron chi connectivity index (χ2n) is 8.14. The highest BCUT2D eigenvalue weighted by Gasteiger charge is 2.25. The number of hydrogen-bond acceptors (Lipinski definition) is 5. The van der Waals surface area contributed by atoms with Gasteiger partial charge in [-0.1, -0.05) is 18.5 Å². The number of carbonyl (C=O) groups is 3. The van der Waals surface area contributed by atoms with Gasteiger partial charge in [-0.05, 0) is 54.4 Å². The number of terminal acetylenes is 1. The van der Waals surface area contributed by atoms with E-state index in [2.05, 4.69) is 23.5 Å². The first-order valence-electron chi connectivity index (χ1n) is 11.6. The van der Waals surface area contributed by atoms with E-state index in [0.29, 0.717) is 52.0 Å². The average Bonchev–Trinajstić information content (AvgIpc) is 3.27. The molecule has 0 fully saturated rings. The van der Waals surface area contributed by atoms with Crippen LogP contribution in [-0.4, -0.2) is 45.0 Å². The lowest BCUT2D eigenvalue weighted by atomic mass is 10.0. The second-order valence-corrected chi connectivity index (χ2v) is 9.60. The van der Waals surface area contributed by atoms with Crippen LogP contribution in [0.2, 0.25) is 5.02 Å². The van der Waals surface area contributed by atoms with Gasteiger partial charge in [0.1, 0.15) is 5.75 Å². The predicted octanol–water partition coefficient (Wildman–Crippen LogP) is 5.03. The number of hydrogen-bond donors (Lipinski definition) is 2.